The number of hydrogen-bond donors (Lipinski definition) is 1. The predicted molar refractivity (Wildman–Crippen MR) is 138 cm³/mol. The molecule has 204 valence electrons. The standard InChI is InChI=1S/C26H32BF3N4O4/c1-17(35)33-10-12-34(13-11-33)19-7-9-22(31-16-19)32-23(36)15-18-6-8-21(20(14-18)26(28,29)30)27-37-24(2,3)25(4,5)38-27/h6-9,14,16H,10-13,15H2,1-5H3,(H,31,32,36). The lowest BCUT2D eigenvalue weighted by Crippen LogP contribution is -2.48. The first-order valence-electron chi connectivity index (χ1n) is 12.5. The fourth-order valence-electron chi connectivity index (χ4n) is 4.43. The Hall–Kier alpha value is -3.12. The molecule has 2 saturated heterocycles. The average molecular weight is 532 g/mol. The molecular formula is C26H32BF3N4O4. The van der Waals surface area contributed by atoms with Gasteiger partial charge in [-0.1, -0.05) is 12.1 Å². The Morgan fingerprint density at radius 3 is 2.18 bits per heavy atom. The van der Waals surface area contributed by atoms with Crippen molar-refractivity contribution in [1.29, 1.82) is 0 Å². The highest BCUT2D eigenvalue weighted by molar-refractivity contribution is 6.62. The number of carbonyl (C=O) groups excluding carboxylic acids is 2. The van der Waals surface area contributed by atoms with Gasteiger partial charge >= 0.3 is 13.3 Å². The smallest absolute Gasteiger partial charge is 0.399 e. The number of rotatable bonds is 5. The number of nitrogens with one attached hydrogen (secondary N) is 1. The Kier molecular flexibility index (Phi) is 7.50. The molecule has 4 rings (SSSR count). The van der Waals surface area contributed by atoms with Crippen LogP contribution in [-0.4, -0.2) is 66.2 Å². The zero-order valence-electron chi connectivity index (χ0n) is 22.2. The summed E-state index contributed by atoms with van der Waals surface area (Å²) in [7, 11) is -1.17. The van der Waals surface area contributed by atoms with Gasteiger partial charge in [0.05, 0.1) is 35.1 Å². The van der Waals surface area contributed by atoms with Gasteiger partial charge in [0.1, 0.15) is 5.82 Å². The molecule has 0 bridgehead atoms. The van der Waals surface area contributed by atoms with Gasteiger partial charge in [0.25, 0.3) is 0 Å². The van der Waals surface area contributed by atoms with Crippen molar-refractivity contribution in [3.8, 4) is 0 Å². The molecule has 0 saturated carbocycles. The summed E-state index contributed by atoms with van der Waals surface area (Å²) in [5, 5.41) is 2.64. The Balaban J connectivity index is 1.41. The first-order chi connectivity index (χ1) is 17.7. The molecule has 0 atom stereocenters. The zero-order chi connectivity index (χ0) is 27.9. The van der Waals surface area contributed by atoms with E-state index in [1.165, 1.54) is 12.1 Å². The lowest BCUT2D eigenvalue weighted by molar-refractivity contribution is -0.137. The number of pyridine rings is 1. The Bertz CT molecular complexity index is 1180. The molecule has 0 unspecified atom stereocenters. The topological polar surface area (TPSA) is 84.0 Å². The maximum absolute atomic E-state index is 14.0. The van der Waals surface area contributed by atoms with Gasteiger partial charge in [0.2, 0.25) is 11.8 Å². The summed E-state index contributed by atoms with van der Waals surface area (Å²) in [6.45, 7) is 11.2. The zero-order valence-corrected chi connectivity index (χ0v) is 22.2. The summed E-state index contributed by atoms with van der Waals surface area (Å²) < 4.78 is 53.5. The second-order valence-corrected chi connectivity index (χ2v) is 10.6. The molecule has 2 aliphatic heterocycles. The second-order valence-electron chi connectivity index (χ2n) is 10.6. The van der Waals surface area contributed by atoms with E-state index >= 15 is 0 Å². The molecule has 8 nitrogen and oxygen atoms in total. The first kappa shape index (κ1) is 27.9. The number of alkyl halides is 3. The number of halogens is 3. The molecule has 1 N–H and O–H groups in total. The normalized spacial score (nSPS) is 19.0. The number of benzene rings is 1. The van der Waals surface area contributed by atoms with Crippen LogP contribution in [0.5, 0.6) is 0 Å². The van der Waals surface area contributed by atoms with Crippen LogP contribution in [0.4, 0.5) is 24.7 Å². The number of nitrogens with zero attached hydrogens (tertiary/aromatic N) is 3. The van der Waals surface area contributed by atoms with E-state index in [9.17, 15) is 22.8 Å². The fourth-order valence-corrected chi connectivity index (χ4v) is 4.43. The number of amides is 2. The molecule has 1 aromatic heterocycles. The van der Waals surface area contributed by atoms with Crippen LogP contribution in [0.3, 0.4) is 0 Å². The molecule has 2 fully saturated rings. The molecule has 0 radical (unpaired) electrons. The first-order valence-corrected chi connectivity index (χ1v) is 12.5. The van der Waals surface area contributed by atoms with Crippen molar-refractivity contribution in [1.82, 2.24) is 9.88 Å². The van der Waals surface area contributed by atoms with Crippen LogP contribution in [-0.2, 0) is 31.5 Å². The summed E-state index contributed by atoms with van der Waals surface area (Å²) >= 11 is 0. The van der Waals surface area contributed by atoms with Gasteiger partial charge in [-0.25, -0.2) is 4.98 Å². The number of aromatic nitrogens is 1. The number of carbonyl (C=O) groups is 2. The van der Waals surface area contributed by atoms with Crippen LogP contribution >= 0.6 is 0 Å². The van der Waals surface area contributed by atoms with E-state index in [-0.39, 0.29) is 23.4 Å². The molecule has 1 aromatic carbocycles. The summed E-state index contributed by atoms with van der Waals surface area (Å²) in [5.74, 6) is -0.145. The van der Waals surface area contributed by atoms with Crippen molar-refractivity contribution < 1.29 is 32.1 Å². The Morgan fingerprint density at radius 2 is 1.66 bits per heavy atom. The molecule has 2 amide bonds. The van der Waals surface area contributed by atoms with E-state index in [0.29, 0.717) is 32.0 Å². The molecule has 3 heterocycles. The van der Waals surface area contributed by atoms with Gasteiger partial charge in [-0.3, -0.25) is 9.59 Å². The summed E-state index contributed by atoms with van der Waals surface area (Å²) in [6, 6.07) is 7.22. The number of hydrogen-bond acceptors (Lipinski definition) is 6. The molecule has 0 spiro atoms. The Morgan fingerprint density at radius 1 is 1.03 bits per heavy atom. The van der Waals surface area contributed by atoms with Crippen molar-refractivity contribution in [2.24, 2.45) is 0 Å². The van der Waals surface area contributed by atoms with Gasteiger partial charge in [-0.05, 0) is 56.9 Å². The van der Waals surface area contributed by atoms with E-state index in [4.69, 9.17) is 9.31 Å². The number of anilines is 2. The molecule has 2 aromatic rings. The average Bonchev–Trinajstić information content (AvgIpc) is 3.05. The third-order valence-corrected chi connectivity index (χ3v) is 7.40. The molecule has 38 heavy (non-hydrogen) atoms. The lowest BCUT2D eigenvalue weighted by Gasteiger charge is -2.35. The van der Waals surface area contributed by atoms with Crippen LogP contribution in [0, 0.1) is 0 Å². The fraction of sp³-hybridized carbons (Fsp3) is 0.500. The van der Waals surface area contributed by atoms with Gasteiger partial charge in [-0.15, -0.1) is 0 Å². The van der Waals surface area contributed by atoms with E-state index < -0.39 is 36.0 Å². The molecule has 2 aliphatic rings. The van der Waals surface area contributed by atoms with E-state index in [2.05, 4.69) is 15.2 Å². The van der Waals surface area contributed by atoms with E-state index in [1.54, 1.807) is 51.8 Å². The van der Waals surface area contributed by atoms with Crippen molar-refractivity contribution >= 4 is 35.9 Å². The van der Waals surface area contributed by atoms with Crippen LogP contribution in [0.1, 0.15) is 45.7 Å². The van der Waals surface area contributed by atoms with E-state index in [0.717, 1.165) is 11.8 Å². The number of piperazine rings is 1. The summed E-state index contributed by atoms with van der Waals surface area (Å²) in [6.07, 6.45) is -3.29. The second kappa shape index (κ2) is 10.2. The van der Waals surface area contributed by atoms with Crippen LogP contribution in [0.15, 0.2) is 36.5 Å². The maximum Gasteiger partial charge on any atom is 0.495 e. The van der Waals surface area contributed by atoms with Gasteiger partial charge in [0.15, 0.2) is 0 Å². The highest BCUT2D eigenvalue weighted by Gasteiger charge is 2.53. The van der Waals surface area contributed by atoms with Crippen molar-refractivity contribution in [2.75, 3.05) is 36.4 Å². The van der Waals surface area contributed by atoms with Gasteiger partial charge in [-0.2, -0.15) is 13.2 Å². The van der Waals surface area contributed by atoms with Crippen LogP contribution in [0.25, 0.3) is 0 Å². The minimum Gasteiger partial charge on any atom is -0.399 e. The van der Waals surface area contributed by atoms with Crippen molar-refractivity contribution in [3.63, 3.8) is 0 Å². The minimum atomic E-state index is -4.65. The van der Waals surface area contributed by atoms with Crippen LogP contribution in [0.2, 0.25) is 0 Å². The highest BCUT2D eigenvalue weighted by Crippen LogP contribution is 2.38. The quantitative estimate of drug-likeness (QED) is 0.596. The SMILES string of the molecule is CC(=O)N1CCN(c2ccc(NC(=O)Cc3ccc(B4OC(C)(C)C(C)(C)O4)c(C(F)(F)F)c3)nc2)CC1. The minimum absolute atomic E-state index is 0.0472. The largest absolute Gasteiger partial charge is 0.495 e. The monoisotopic (exact) mass is 532 g/mol. The third kappa shape index (κ3) is 5.96. The predicted octanol–water partition coefficient (Wildman–Crippen LogP) is 3.25. The summed E-state index contributed by atoms with van der Waals surface area (Å²) in [5.41, 5.74) is -1.53. The lowest BCUT2D eigenvalue weighted by atomic mass is 9.75. The van der Waals surface area contributed by atoms with Gasteiger partial charge in [0, 0.05) is 33.1 Å². The van der Waals surface area contributed by atoms with Gasteiger partial charge < -0.3 is 24.4 Å². The Labute approximate surface area is 220 Å². The van der Waals surface area contributed by atoms with Crippen LogP contribution < -0.4 is 15.7 Å². The summed E-state index contributed by atoms with van der Waals surface area (Å²) in [4.78, 5) is 32.3. The highest BCUT2D eigenvalue weighted by atomic mass is 19.4. The van der Waals surface area contributed by atoms with Crippen molar-refractivity contribution in [2.45, 2.75) is 58.4 Å². The molecular weight excluding hydrogens is 500 g/mol. The molecule has 12 heteroatoms. The van der Waals surface area contributed by atoms with E-state index in [1.807, 2.05) is 6.07 Å². The molecule has 0 aliphatic carbocycles. The third-order valence-electron chi connectivity index (χ3n) is 7.40. The van der Waals surface area contributed by atoms with Crippen molar-refractivity contribution in [3.05, 3.63) is 47.7 Å². The maximum atomic E-state index is 14.0.